The van der Waals surface area contributed by atoms with Crippen LogP contribution in [0.25, 0.3) is 6.08 Å². The van der Waals surface area contributed by atoms with E-state index in [-0.39, 0.29) is 5.70 Å². The third-order valence-corrected chi connectivity index (χ3v) is 4.57. The largest absolute Gasteiger partial charge is 0.468 e. The zero-order valence-electron chi connectivity index (χ0n) is 15.5. The van der Waals surface area contributed by atoms with Crippen molar-refractivity contribution < 1.29 is 19.1 Å². The number of esters is 1. The third kappa shape index (κ3) is 3.76. The van der Waals surface area contributed by atoms with Crippen LogP contribution in [0.4, 0.5) is 4.79 Å². The zero-order chi connectivity index (χ0) is 19.6. The average molecular weight is 367 g/mol. The van der Waals surface area contributed by atoms with Gasteiger partial charge in [-0.3, -0.25) is 9.59 Å². The van der Waals surface area contributed by atoms with E-state index in [2.05, 4.69) is 26.8 Å². The topological polar surface area (TPSA) is 80.6 Å². The Kier molecular flexibility index (Phi) is 5.12. The van der Waals surface area contributed by atoms with Gasteiger partial charge in [-0.25, -0.2) is 9.69 Å². The third-order valence-electron chi connectivity index (χ3n) is 4.57. The van der Waals surface area contributed by atoms with E-state index in [9.17, 15) is 14.4 Å². The number of aromatic nitrogens is 1. The molecule has 140 valence electrons. The summed E-state index contributed by atoms with van der Waals surface area (Å²) in [5.74, 6) is -1.20. The van der Waals surface area contributed by atoms with Crippen molar-refractivity contribution in [2.45, 2.75) is 20.4 Å². The number of amides is 3. The molecule has 0 aliphatic carbocycles. The van der Waals surface area contributed by atoms with Gasteiger partial charge in [-0.1, -0.05) is 30.3 Å². The van der Waals surface area contributed by atoms with Gasteiger partial charge >= 0.3 is 12.0 Å². The summed E-state index contributed by atoms with van der Waals surface area (Å²) in [6.45, 7) is 4.27. The number of carbonyl (C=O) groups excluding carboxylic acids is 3. The fourth-order valence-corrected chi connectivity index (χ4v) is 3.05. The summed E-state index contributed by atoms with van der Waals surface area (Å²) in [7, 11) is 1.21. The molecule has 2 aromatic rings. The molecule has 27 heavy (non-hydrogen) atoms. The highest BCUT2D eigenvalue weighted by molar-refractivity contribution is 6.15. The molecule has 7 nitrogen and oxygen atoms in total. The maximum absolute atomic E-state index is 12.4. The zero-order valence-corrected chi connectivity index (χ0v) is 15.5. The molecule has 3 amide bonds. The predicted molar refractivity (Wildman–Crippen MR) is 99.7 cm³/mol. The summed E-state index contributed by atoms with van der Waals surface area (Å²) >= 11 is 0. The van der Waals surface area contributed by atoms with Crippen LogP contribution in [0.5, 0.6) is 0 Å². The number of ether oxygens (including phenoxy) is 1. The van der Waals surface area contributed by atoms with Gasteiger partial charge in [-0.15, -0.1) is 0 Å². The normalized spacial score (nSPS) is 15.4. The van der Waals surface area contributed by atoms with E-state index in [1.54, 1.807) is 6.08 Å². The number of nitrogens with zero attached hydrogens (tertiary/aromatic N) is 2. The molecule has 3 rings (SSSR count). The van der Waals surface area contributed by atoms with Crippen LogP contribution in [0.2, 0.25) is 0 Å². The van der Waals surface area contributed by atoms with E-state index in [0.717, 1.165) is 28.4 Å². The number of hydrogen-bond donors (Lipinski definition) is 1. The molecule has 0 radical (unpaired) electrons. The molecular weight excluding hydrogens is 346 g/mol. The lowest BCUT2D eigenvalue weighted by atomic mass is 10.2. The fourth-order valence-electron chi connectivity index (χ4n) is 3.05. The Morgan fingerprint density at radius 1 is 1.19 bits per heavy atom. The lowest BCUT2D eigenvalue weighted by Gasteiger charge is -2.10. The van der Waals surface area contributed by atoms with Gasteiger partial charge in [-0.2, -0.15) is 0 Å². The van der Waals surface area contributed by atoms with Gasteiger partial charge in [0.1, 0.15) is 12.2 Å². The van der Waals surface area contributed by atoms with Crippen molar-refractivity contribution in [1.29, 1.82) is 0 Å². The summed E-state index contributed by atoms with van der Waals surface area (Å²) in [5, 5.41) is 2.52. The van der Waals surface area contributed by atoms with Crippen LogP contribution in [0.1, 0.15) is 22.5 Å². The molecule has 7 heteroatoms. The summed E-state index contributed by atoms with van der Waals surface area (Å²) in [6, 6.07) is 11.4. The minimum Gasteiger partial charge on any atom is -0.468 e. The molecule has 1 aromatic carbocycles. The van der Waals surface area contributed by atoms with E-state index in [4.69, 9.17) is 0 Å². The second-order valence-electron chi connectivity index (χ2n) is 6.35. The number of benzene rings is 1. The van der Waals surface area contributed by atoms with Crippen molar-refractivity contribution in [2.75, 3.05) is 13.7 Å². The second-order valence-corrected chi connectivity index (χ2v) is 6.35. The quantitative estimate of drug-likeness (QED) is 0.499. The number of urea groups is 1. The molecule has 1 aromatic heterocycles. The maximum Gasteiger partial charge on any atom is 0.329 e. The summed E-state index contributed by atoms with van der Waals surface area (Å²) in [5.41, 5.74) is 4.19. The van der Waals surface area contributed by atoms with Crippen LogP contribution >= 0.6 is 0 Å². The number of methoxy groups -OCH3 is 1. The summed E-state index contributed by atoms with van der Waals surface area (Å²) < 4.78 is 6.67. The summed E-state index contributed by atoms with van der Waals surface area (Å²) in [4.78, 5) is 36.6. The molecule has 1 fully saturated rings. The van der Waals surface area contributed by atoms with Crippen molar-refractivity contribution in [3.05, 3.63) is 64.6 Å². The smallest absolute Gasteiger partial charge is 0.329 e. The molecule has 1 aliphatic heterocycles. The first-order valence-electron chi connectivity index (χ1n) is 8.52. The highest BCUT2D eigenvalue weighted by atomic mass is 16.5. The Bertz CT molecular complexity index is 928. The number of hydrogen-bond acceptors (Lipinski definition) is 4. The highest BCUT2D eigenvalue weighted by Crippen LogP contribution is 2.21. The van der Waals surface area contributed by atoms with Gasteiger partial charge in [0.05, 0.1) is 7.11 Å². The van der Waals surface area contributed by atoms with Gasteiger partial charge in [0.2, 0.25) is 0 Å². The molecule has 0 spiro atoms. The van der Waals surface area contributed by atoms with Crippen molar-refractivity contribution in [2.24, 2.45) is 0 Å². The monoisotopic (exact) mass is 367 g/mol. The molecule has 1 aliphatic rings. The first kappa shape index (κ1) is 18.4. The molecule has 0 saturated carbocycles. The van der Waals surface area contributed by atoms with Crippen LogP contribution in [0.3, 0.4) is 0 Å². The minimum atomic E-state index is -0.652. The van der Waals surface area contributed by atoms with Crippen LogP contribution < -0.4 is 5.32 Å². The van der Waals surface area contributed by atoms with Crippen molar-refractivity contribution in [1.82, 2.24) is 14.8 Å². The molecule has 0 atom stereocenters. The number of carbonyl (C=O) groups is 3. The maximum atomic E-state index is 12.4. The Labute approximate surface area is 157 Å². The predicted octanol–water partition coefficient (Wildman–Crippen LogP) is 2.22. The van der Waals surface area contributed by atoms with Crippen molar-refractivity contribution >= 4 is 24.0 Å². The highest BCUT2D eigenvalue weighted by Gasteiger charge is 2.35. The van der Waals surface area contributed by atoms with Crippen LogP contribution in [0, 0.1) is 13.8 Å². The number of imide groups is 1. The molecule has 1 N–H and O–H groups in total. The van der Waals surface area contributed by atoms with Crippen LogP contribution in [-0.4, -0.2) is 41.0 Å². The number of nitrogens with one attached hydrogen (secondary N) is 1. The van der Waals surface area contributed by atoms with E-state index in [1.807, 2.05) is 38.1 Å². The lowest BCUT2D eigenvalue weighted by molar-refractivity contribution is -0.143. The Hall–Kier alpha value is -3.35. The van der Waals surface area contributed by atoms with Gasteiger partial charge in [0.15, 0.2) is 0 Å². The molecular formula is C20H21N3O4. The molecule has 1 saturated heterocycles. The average Bonchev–Trinajstić information content (AvgIpc) is 3.07. The summed E-state index contributed by atoms with van der Waals surface area (Å²) in [6.07, 6.45) is 1.64. The number of rotatable bonds is 5. The van der Waals surface area contributed by atoms with Crippen molar-refractivity contribution in [3.63, 3.8) is 0 Å². The van der Waals surface area contributed by atoms with Gasteiger partial charge in [-0.05, 0) is 37.1 Å². The number of aryl methyl sites for hydroxylation is 1. The second kappa shape index (κ2) is 7.49. The van der Waals surface area contributed by atoms with Gasteiger partial charge in [0, 0.05) is 17.9 Å². The first-order valence-corrected chi connectivity index (χ1v) is 8.52. The van der Waals surface area contributed by atoms with E-state index in [0.29, 0.717) is 0 Å². The molecule has 0 bridgehead atoms. The molecule has 2 heterocycles. The van der Waals surface area contributed by atoms with E-state index >= 15 is 0 Å². The first-order chi connectivity index (χ1) is 12.9. The van der Waals surface area contributed by atoms with E-state index < -0.39 is 24.5 Å². The van der Waals surface area contributed by atoms with Crippen molar-refractivity contribution in [3.8, 4) is 0 Å². The molecule has 0 unspecified atom stereocenters. The van der Waals surface area contributed by atoms with Gasteiger partial charge in [0.25, 0.3) is 5.91 Å². The van der Waals surface area contributed by atoms with Gasteiger partial charge < -0.3 is 14.6 Å². The van der Waals surface area contributed by atoms with Crippen LogP contribution in [-0.2, 0) is 20.9 Å². The Morgan fingerprint density at radius 3 is 2.56 bits per heavy atom. The minimum absolute atomic E-state index is 0.142. The SMILES string of the molecule is COC(=O)CN1C(=O)N/C(=C/c2cc(C)n(Cc3ccccc3)c2C)C1=O. The van der Waals surface area contributed by atoms with Crippen LogP contribution in [0.15, 0.2) is 42.1 Å². The fraction of sp³-hybridized carbons (Fsp3) is 0.250. The standard InChI is InChI=1S/C20H21N3O4/c1-13-9-16(14(2)22(13)11-15-7-5-4-6-8-15)10-17-19(25)23(20(26)21-17)12-18(24)27-3/h4-10H,11-12H2,1-3H3,(H,21,26)/b17-10+. The Morgan fingerprint density at radius 2 is 1.89 bits per heavy atom. The van der Waals surface area contributed by atoms with E-state index in [1.165, 1.54) is 12.7 Å². The Balaban J connectivity index is 1.85. The lowest BCUT2D eigenvalue weighted by Crippen LogP contribution is -2.36.